The predicted molar refractivity (Wildman–Crippen MR) is 82.9 cm³/mol. The molecule has 1 N–H and O–H groups in total. The standard InChI is InChI=1S/C18H22N2/c1-19-18(13-15-9-4-5-12-20-15)17-11-6-8-14-7-2-3-10-16(14)17/h2-5,7,9-10,12,17-19H,6,8,11,13H2,1H3. The number of aryl methyl sites for hydroxylation is 1. The second-order valence-corrected chi connectivity index (χ2v) is 5.62. The monoisotopic (exact) mass is 266 g/mol. The molecule has 1 aliphatic carbocycles. The molecule has 2 unspecified atom stereocenters. The fraction of sp³-hybridized carbons (Fsp3) is 0.389. The van der Waals surface area contributed by atoms with Crippen molar-refractivity contribution in [1.82, 2.24) is 10.3 Å². The fourth-order valence-corrected chi connectivity index (χ4v) is 3.40. The van der Waals surface area contributed by atoms with E-state index in [0.717, 1.165) is 6.42 Å². The molecular formula is C18H22N2. The van der Waals surface area contributed by atoms with Crippen molar-refractivity contribution >= 4 is 0 Å². The number of likely N-dealkylation sites (N-methyl/N-ethyl adjacent to an activating group) is 1. The van der Waals surface area contributed by atoms with Gasteiger partial charge in [0.2, 0.25) is 0 Å². The number of fused-ring (bicyclic) bond motifs is 1. The van der Waals surface area contributed by atoms with Crippen molar-refractivity contribution in [2.24, 2.45) is 0 Å². The van der Waals surface area contributed by atoms with Crippen molar-refractivity contribution in [3.8, 4) is 0 Å². The molecule has 0 bridgehead atoms. The minimum atomic E-state index is 0.464. The molecule has 20 heavy (non-hydrogen) atoms. The zero-order valence-corrected chi connectivity index (χ0v) is 12.0. The van der Waals surface area contributed by atoms with Crippen LogP contribution in [0.15, 0.2) is 48.7 Å². The zero-order valence-electron chi connectivity index (χ0n) is 12.0. The lowest BCUT2D eigenvalue weighted by molar-refractivity contribution is 0.408. The number of rotatable bonds is 4. The average molecular weight is 266 g/mol. The van der Waals surface area contributed by atoms with E-state index >= 15 is 0 Å². The van der Waals surface area contributed by atoms with Gasteiger partial charge < -0.3 is 5.32 Å². The van der Waals surface area contributed by atoms with Gasteiger partial charge in [0.15, 0.2) is 0 Å². The Morgan fingerprint density at radius 3 is 2.85 bits per heavy atom. The molecule has 0 saturated heterocycles. The van der Waals surface area contributed by atoms with Gasteiger partial charge in [0.05, 0.1) is 0 Å². The van der Waals surface area contributed by atoms with Crippen LogP contribution in [0.5, 0.6) is 0 Å². The minimum Gasteiger partial charge on any atom is -0.316 e. The Bertz CT molecular complexity index is 550. The highest BCUT2D eigenvalue weighted by Gasteiger charge is 2.27. The van der Waals surface area contributed by atoms with E-state index in [-0.39, 0.29) is 0 Å². The predicted octanol–water partition coefficient (Wildman–Crippen LogP) is 3.33. The van der Waals surface area contributed by atoms with Gasteiger partial charge in [0, 0.05) is 24.4 Å². The first-order valence-electron chi connectivity index (χ1n) is 7.53. The molecule has 0 spiro atoms. The summed E-state index contributed by atoms with van der Waals surface area (Å²) in [6, 6.07) is 15.6. The summed E-state index contributed by atoms with van der Waals surface area (Å²) in [5.74, 6) is 0.604. The number of aromatic nitrogens is 1. The number of benzene rings is 1. The van der Waals surface area contributed by atoms with E-state index in [1.165, 1.54) is 36.1 Å². The molecule has 0 saturated carbocycles. The highest BCUT2D eigenvalue weighted by Crippen LogP contribution is 2.34. The Labute approximate surface area is 121 Å². The number of nitrogens with one attached hydrogen (secondary N) is 1. The third kappa shape index (κ3) is 2.75. The van der Waals surface area contributed by atoms with Gasteiger partial charge >= 0.3 is 0 Å². The van der Waals surface area contributed by atoms with Crippen molar-refractivity contribution in [3.05, 3.63) is 65.5 Å². The highest BCUT2D eigenvalue weighted by molar-refractivity contribution is 5.34. The molecular weight excluding hydrogens is 244 g/mol. The van der Waals surface area contributed by atoms with E-state index in [9.17, 15) is 0 Å². The van der Waals surface area contributed by atoms with Crippen LogP contribution in [0.3, 0.4) is 0 Å². The topological polar surface area (TPSA) is 24.9 Å². The summed E-state index contributed by atoms with van der Waals surface area (Å²) in [5, 5.41) is 3.52. The van der Waals surface area contributed by atoms with Crippen LogP contribution in [0, 0.1) is 0 Å². The van der Waals surface area contributed by atoms with Crippen LogP contribution in [-0.4, -0.2) is 18.1 Å². The van der Waals surface area contributed by atoms with Crippen molar-refractivity contribution in [3.63, 3.8) is 0 Å². The summed E-state index contributed by atoms with van der Waals surface area (Å²) in [4.78, 5) is 4.48. The molecule has 1 aromatic heterocycles. The molecule has 0 fully saturated rings. The summed E-state index contributed by atoms with van der Waals surface area (Å²) in [5.41, 5.74) is 4.24. The fourth-order valence-electron chi connectivity index (χ4n) is 3.40. The number of nitrogens with zero attached hydrogens (tertiary/aromatic N) is 1. The molecule has 1 aliphatic rings. The van der Waals surface area contributed by atoms with Crippen LogP contribution < -0.4 is 5.32 Å². The van der Waals surface area contributed by atoms with Gasteiger partial charge in [-0.25, -0.2) is 0 Å². The summed E-state index contributed by atoms with van der Waals surface area (Å²) < 4.78 is 0. The Balaban J connectivity index is 1.84. The van der Waals surface area contributed by atoms with E-state index in [1.54, 1.807) is 0 Å². The lowest BCUT2D eigenvalue weighted by Gasteiger charge is -2.32. The molecule has 0 amide bonds. The smallest absolute Gasteiger partial charge is 0.0419 e. The lowest BCUT2D eigenvalue weighted by Crippen LogP contribution is -2.36. The number of pyridine rings is 1. The number of hydrogen-bond acceptors (Lipinski definition) is 2. The van der Waals surface area contributed by atoms with E-state index in [0.29, 0.717) is 12.0 Å². The first-order chi connectivity index (χ1) is 9.88. The second kappa shape index (κ2) is 6.19. The Hall–Kier alpha value is -1.67. The molecule has 2 heteroatoms. The summed E-state index contributed by atoms with van der Waals surface area (Å²) in [7, 11) is 2.07. The van der Waals surface area contributed by atoms with E-state index in [4.69, 9.17) is 0 Å². The maximum absolute atomic E-state index is 4.48. The first-order valence-corrected chi connectivity index (χ1v) is 7.53. The molecule has 2 atom stereocenters. The van der Waals surface area contributed by atoms with Crippen LogP contribution in [0.4, 0.5) is 0 Å². The highest BCUT2D eigenvalue weighted by atomic mass is 14.9. The lowest BCUT2D eigenvalue weighted by atomic mass is 9.77. The van der Waals surface area contributed by atoms with Gasteiger partial charge in [-0.1, -0.05) is 30.3 Å². The van der Waals surface area contributed by atoms with Crippen LogP contribution in [0.2, 0.25) is 0 Å². The number of hydrogen-bond donors (Lipinski definition) is 1. The summed E-state index contributed by atoms with van der Waals surface area (Å²) in [6.07, 6.45) is 6.68. The van der Waals surface area contributed by atoms with Crippen LogP contribution >= 0.6 is 0 Å². The third-order valence-electron chi connectivity index (χ3n) is 4.43. The van der Waals surface area contributed by atoms with E-state index in [2.05, 4.69) is 53.7 Å². The zero-order chi connectivity index (χ0) is 13.8. The summed E-state index contributed by atoms with van der Waals surface area (Å²) in [6.45, 7) is 0. The molecule has 1 heterocycles. The van der Waals surface area contributed by atoms with Crippen molar-refractivity contribution in [2.45, 2.75) is 37.6 Å². The minimum absolute atomic E-state index is 0.464. The van der Waals surface area contributed by atoms with Gasteiger partial charge in [-0.05, 0) is 55.5 Å². The van der Waals surface area contributed by atoms with Crippen LogP contribution in [0.25, 0.3) is 0 Å². The largest absolute Gasteiger partial charge is 0.316 e. The Morgan fingerprint density at radius 2 is 2.05 bits per heavy atom. The molecule has 0 aliphatic heterocycles. The molecule has 2 aromatic rings. The maximum Gasteiger partial charge on any atom is 0.0419 e. The Kier molecular flexibility index (Phi) is 4.12. The van der Waals surface area contributed by atoms with E-state index < -0.39 is 0 Å². The Morgan fingerprint density at radius 1 is 1.20 bits per heavy atom. The quantitative estimate of drug-likeness (QED) is 0.918. The van der Waals surface area contributed by atoms with Gasteiger partial charge in [0.25, 0.3) is 0 Å². The van der Waals surface area contributed by atoms with Gasteiger partial charge in [-0.2, -0.15) is 0 Å². The van der Waals surface area contributed by atoms with Crippen LogP contribution in [0.1, 0.15) is 35.6 Å². The molecule has 1 aromatic carbocycles. The second-order valence-electron chi connectivity index (χ2n) is 5.62. The SMILES string of the molecule is CNC(Cc1ccccn1)C1CCCc2ccccc21. The molecule has 104 valence electrons. The van der Waals surface area contributed by atoms with Crippen LogP contribution in [-0.2, 0) is 12.8 Å². The molecule has 2 nitrogen and oxygen atoms in total. The molecule has 3 rings (SSSR count). The van der Waals surface area contributed by atoms with Crippen molar-refractivity contribution in [2.75, 3.05) is 7.05 Å². The van der Waals surface area contributed by atoms with Gasteiger partial charge in [-0.15, -0.1) is 0 Å². The third-order valence-corrected chi connectivity index (χ3v) is 4.43. The van der Waals surface area contributed by atoms with Crippen molar-refractivity contribution in [1.29, 1.82) is 0 Å². The average Bonchev–Trinajstić information content (AvgIpc) is 2.53. The van der Waals surface area contributed by atoms with Crippen molar-refractivity contribution < 1.29 is 0 Å². The maximum atomic E-state index is 4.48. The van der Waals surface area contributed by atoms with E-state index in [1.807, 2.05) is 12.3 Å². The molecule has 0 radical (unpaired) electrons. The first kappa shape index (κ1) is 13.3. The summed E-state index contributed by atoms with van der Waals surface area (Å²) >= 11 is 0. The normalized spacial score (nSPS) is 19.4. The van der Waals surface area contributed by atoms with Gasteiger partial charge in [-0.3, -0.25) is 4.98 Å². The van der Waals surface area contributed by atoms with Gasteiger partial charge in [0.1, 0.15) is 0 Å².